The normalized spacial score (nSPS) is 31.8. The Morgan fingerprint density at radius 2 is 2.08 bits per heavy atom. The first-order valence-electron chi connectivity index (χ1n) is 4.41. The second-order valence-electron chi connectivity index (χ2n) is 3.42. The van der Waals surface area contributed by atoms with Gasteiger partial charge >= 0.3 is 0 Å². The summed E-state index contributed by atoms with van der Waals surface area (Å²) >= 11 is 0. The zero-order valence-corrected chi connectivity index (χ0v) is 8.14. The molecule has 0 saturated heterocycles. The number of aliphatic hydroxyl groups excluding tert-OH is 2. The van der Waals surface area contributed by atoms with Gasteiger partial charge in [0.2, 0.25) is 0 Å². The summed E-state index contributed by atoms with van der Waals surface area (Å²) in [7, 11) is 1.31. The van der Waals surface area contributed by atoms with Crippen LogP contribution in [0.3, 0.4) is 0 Å². The third-order valence-electron chi connectivity index (χ3n) is 2.22. The number of methoxy groups -OCH3 is 1. The molecule has 0 aromatic rings. The maximum absolute atomic E-state index is 9.20. The number of ether oxygens (including phenoxy) is 1. The molecule has 0 radical (unpaired) electrons. The third kappa shape index (κ3) is 4.85. The van der Waals surface area contributed by atoms with Crippen LogP contribution in [0, 0.1) is 11.8 Å². The van der Waals surface area contributed by atoms with Gasteiger partial charge < -0.3 is 14.9 Å². The van der Waals surface area contributed by atoms with Crippen LogP contribution in [0.1, 0.15) is 19.8 Å². The molecule has 1 rings (SSSR count). The molecule has 1 saturated carbocycles. The highest BCUT2D eigenvalue weighted by Gasteiger charge is 2.29. The summed E-state index contributed by atoms with van der Waals surface area (Å²) in [4.78, 5) is 8.95. The standard InChI is InChI=1S/C7H14O2.C2H4O2/c1-5-2-6(4-8)7(9)3-5;1-4-2-3/h5-9H,2-4H2,1H3;2H,1H3. The van der Waals surface area contributed by atoms with Gasteiger partial charge in [-0.15, -0.1) is 0 Å². The maximum Gasteiger partial charge on any atom is 0.292 e. The SMILES string of the molecule is CC1CC(O)C(CO)C1.COC=O. The highest BCUT2D eigenvalue weighted by molar-refractivity contribution is 5.36. The Hall–Kier alpha value is -0.610. The Morgan fingerprint density at radius 3 is 2.23 bits per heavy atom. The molecule has 0 spiro atoms. The number of rotatable bonds is 2. The van der Waals surface area contributed by atoms with Gasteiger partial charge in [-0.05, 0) is 18.8 Å². The van der Waals surface area contributed by atoms with Crippen LogP contribution < -0.4 is 0 Å². The van der Waals surface area contributed by atoms with Gasteiger partial charge in [0.05, 0.1) is 13.2 Å². The van der Waals surface area contributed by atoms with Crippen molar-refractivity contribution in [3.8, 4) is 0 Å². The van der Waals surface area contributed by atoms with E-state index in [1.54, 1.807) is 0 Å². The lowest BCUT2D eigenvalue weighted by atomic mass is 10.1. The van der Waals surface area contributed by atoms with Crippen LogP contribution in [0.2, 0.25) is 0 Å². The summed E-state index contributed by atoms with van der Waals surface area (Å²) < 4.78 is 3.86. The van der Waals surface area contributed by atoms with E-state index in [1.165, 1.54) is 7.11 Å². The molecule has 0 aromatic heterocycles. The van der Waals surface area contributed by atoms with Gasteiger partial charge in [0.1, 0.15) is 0 Å². The first kappa shape index (κ1) is 12.4. The van der Waals surface area contributed by atoms with Gasteiger partial charge in [0, 0.05) is 12.5 Å². The topological polar surface area (TPSA) is 66.8 Å². The summed E-state index contributed by atoms with van der Waals surface area (Å²) in [5.41, 5.74) is 0. The number of hydrogen-bond acceptors (Lipinski definition) is 4. The van der Waals surface area contributed by atoms with Crippen LogP contribution in [0.5, 0.6) is 0 Å². The minimum absolute atomic E-state index is 0.144. The highest BCUT2D eigenvalue weighted by atomic mass is 16.5. The van der Waals surface area contributed by atoms with Gasteiger partial charge in [-0.1, -0.05) is 6.92 Å². The molecule has 0 heterocycles. The molecular weight excluding hydrogens is 172 g/mol. The van der Waals surface area contributed by atoms with Crippen molar-refractivity contribution >= 4 is 6.47 Å². The van der Waals surface area contributed by atoms with Crippen molar-refractivity contribution in [3.63, 3.8) is 0 Å². The molecule has 0 aromatic carbocycles. The van der Waals surface area contributed by atoms with Crippen molar-refractivity contribution in [1.29, 1.82) is 0 Å². The molecule has 1 aliphatic rings. The molecule has 3 atom stereocenters. The fourth-order valence-corrected chi connectivity index (χ4v) is 1.57. The predicted molar refractivity (Wildman–Crippen MR) is 48.1 cm³/mol. The van der Waals surface area contributed by atoms with Gasteiger partial charge in [-0.2, -0.15) is 0 Å². The second-order valence-corrected chi connectivity index (χ2v) is 3.42. The van der Waals surface area contributed by atoms with Crippen molar-refractivity contribution in [2.75, 3.05) is 13.7 Å². The van der Waals surface area contributed by atoms with E-state index in [0.29, 0.717) is 12.4 Å². The summed E-state index contributed by atoms with van der Waals surface area (Å²) in [6.45, 7) is 2.63. The van der Waals surface area contributed by atoms with Crippen molar-refractivity contribution < 1.29 is 19.7 Å². The second kappa shape index (κ2) is 6.86. The van der Waals surface area contributed by atoms with Crippen molar-refractivity contribution in [2.45, 2.75) is 25.9 Å². The van der Waals surface area contributed by atoms with Gasteiger partial charge in [0.25, 0.3) is 6.47 Å². The third-order valence-corrected chi connectivity index (χ3v) is 2.22. The highest BCUT2D eigenvalue weighted by Crippen LogP contribution is 2.29. The Bertz CT molecular complexity index is 138. The van der Waals surface area contributed by atoms with Crippen LogP contribution in [0.15, 0.2) is 0 Å². The Morgan fingerprint density at radius 1 is 1.54 bits per heavy atom. The zero-order chi connectivity index (χ0) is 10.3. The Kier molecular flexibility index (Phi) is 6.54. The van der Waals surface area contributed by atoms with Crippen molar-refractivity contribution in [3.05, 3.63) is 0 Å². The van der Waals surface area contributed by atoms with Crippen LogP contribution in [0.4, 0.5) is 0 Å². The van der Waals surface area contributed by atoms with Crippen LogP contribution in [-0.4, -0.2) is 36.5 Å². The van der Waals surface area contributed by atoms with E-state index in [1.807, 2.05) is 0 Å². The Labute approximate surface area is 78.5 Å². The van der Waals surface area contributed by atoms with Crippen LogP contribution in [-0.2, 0) is 9.53 Å². The number of aliphatic hydroxyl groups is 2. The molecule has 0 bridgehead atoms. The van der Waals surface area contributed by atoms with E-state index in [2.05, 4.69) is 11.7 Å². The first-order valence-corrected chi connectivity index (χ1v) is 4.41. The van der Waals surface area contributed by atoms with Gasteiger partial charge in [-0.25, -0.2) is 0 Å². The van der Waals surface area contributed by atoms with Gasteiger partial charge in [0.15, 0.2) is 0 Å². The predicted octanol–water partition coefficient (Wildman–Crippen LogP) is 0.175. The largest absolute Gasteiger partial charge is 0.471 e. The lowest BCUT2D eigenvalue weighted by Gasteiger charge is -2.08. The van der Waals surface area contributed by atoms with Crippen molar-refractivity contribution in [1.82, 2.24) is 0 Å². The number of carbonyl (C=O) groups is 1. The average molecular weight is 190 g/mol. The Balaban J connectivity index is 0.000000310. The van der Waals surface area contributed by atoms with E-state index < -0.39 is 0 Å². The zero-order valence-electron chi connectivity index (χ0n) is 8.14. The van der Waals surface area contributed by atoms with E-state index in [0.717, 1.165) is 12.8 Å². The maximum atomic E-state index is 9.20. The van der Waals surface area contributed by atoms with E-state index in [4.69, 9.17) is 9.90 Å². The smallest absolute Gasteiger partial charge is 0.292 e. The fraction of sp³-hybridized carbons (Fsp3) is 0.889. The van der Waals surface area contributed by atoms with Crippen LogP contribution in [0.25, 0.3) is 0 Å². The molecular formula is C9H18O4. The summed E-state index contributed by atoms with van der Waals surface area (Å²) in [6.07, 6.45) is 1.60. The molecule has 78 valence electrons. The monoisotopic (exact) mass is 190 g/mol. The van der Waals surface area contributed by atoms with Crippen LogP contribution >= 0.6 is 0 Å². The molecule has 1 aliphatic carbocycles. The lowest BCUT2D eigenvalue weighted by molar-refractivity contribution is -0.126. The fourth-order valence-electron chi connectivity index (χ4n) is 1.57. The minimum Gasteiger partial charge on any atom is -0.471 e. The lowest BCUT2D eigenvalue weighted by Crippen LogP contribution is -2.16. The summed E-state index contributed by atoms with van der Waals surface area (Å²) in [5, 5.41) is 17.9. The van der Waals surface area contributed by atoms with E-state index >= 15 is 0 Å². The molecule has 1 fully saturated rings. The van der Waals surface area contributed by atoms with E-state index in [9.17, 15) is 5.11 Å². The molecule has 2 N–H and O–H groups in total. The summed E-state index contributed by atoms with van der Waals surface area (Å²) in [5.74, 6) is 0.747. The number of carbonyl (C=O) groups excluding carboxylic acids is 1. The van der Waals surface area contributed by atoms with Crippen molar-refractivity contribution in [2.24, 2.45) is 11.8 Å². The average Bonchev–Trinajstić information content (AvgIpc) is 2.45. The quantitative estimate of drug-likeness (QED) is 0.609. The molecule has 0 amide bonds. The molecule has 3 unspecified atom stereocenters. The molecule has 4 heteroatoms. The van der Waals surface area contributed by atoms with E-state index in [-0.39, 0.29) is 18.6 Å². The first-order chi connectivity index (χ1) is 6.15. The number of hydrogen-bond donors (Lipinski definition) is 2. The van der Waals surface area contributed by atoms with Gasteiger partial charge in [-0.3, -0.25) is 4.79 Å². The molecule has 4 nitrogen and oxygen atoms in total. The minimum atomic E-state index is -0.245. The molecule has 0 aliphatic heterocycles. The summed E-state index contributed by atoms with van der Waals surface area (Å²) in [6, 6.07) is 0. The molecule has 13 heavy (non-hydrogen) atoms.